The SMILES string of the molecule is CCOC(=O)c1nc(CCCCCc2ccccc2F)sc1C. The Kier molecular flexibility index (Phi) is 6.71. The molecule has 0 atom stereocenters. The largest absolute Gasteiger partial charge is 0.461 e. The molecule has 23 heavy (non-hydrogen) atoms. The van der Waals surface area contributed by atoms with E-state index in [1.54, 1.807) is 24.3 Å². The molecule has 1 aromatic carbocycles. The quantitative estimate of drug-likeness (QED) is 0.517. The molecule has 124 valence electrons. The van der Waals surface area contributed by atoms with Crippen molar-refractivity contribution < 1.29 is 13.9 Å². The van der Waals surface area contributed by atoms with Gasteiger partial charge in [0.25, 0.3) is 0 Å². The van der Waals surface area contributed by atoms with Crippen LogP contribution < -0.4 is 0 Å². The van der Waals surface area contributed by atoms with Gasteiger partial charge in [-0.2, -0.15) is 0 Å². The van der Waals surface area contributed by atoms with E-state index in [9.17, 15) is 9.18 Å². The van der Waals surface area contributed by atoms with Crippen molar-refractivity contribution in [3.05, 3.63) is 51.2 Å². The van der Waals surface area contributed by atoms with Crippen LogP contribution in [0, 0.1) is 12.7 Å². The van der Waals surface area contributed by atoms with Crippen LogP contribution in [0.25, 0.3) is 0 Å². The molecule has 3 nitrogen and oxygen atoms in total. The molecule has 2 aromatic rings. The van der Waals surface area contributed by atoms with Gasteiger partial charge in [0.2, 0.25) is 0 Å². The van der Waals surface area contributed by atoms with Gasteiger partial charge < -0.3 is 4.74 Å². The maximum atomic E-state index is 13.5. The Morgan fingerprint density at radius 3 is 2.70 bits per heavy atom. The second-order valence-corrected chi connectivity index (χ2v) is 6.67. The minimum absolute atomic E-state index is 0.123. The van der Waals surface area contributed by atoms with E-state index in [2.05, 4.69) is 4.98 Å². The first-order chi connectivity index (χ1) is 11.1. The highest BCUT2D eigenvalue weighted by Crippen LogP contribution is 2.20. The normalized spacial score (nSPS) is 10.7. The van der Waals surface area contributed by atoms with Crippen LogP contribution in [0.4, 0.5) is 4.39 Å². The number of nitrogens with zero attached hydrogens (tertiary/aromatic N) is 1. The third kappa shape index (κ3) is 5.13. The van der Waals surface area contributed by atoms with Crippen molar-refractivity contribution in [1.82, 2.24) is 4.98 Å². The Morgan fingerprint density at radius 1 is 1.22 bits per heavy atom. The van der Waals surface area contributed by atoms with Crippen LogP contribution in [0.3, 0.4) is 0 Å². The number of benzene rings is 1. The average Bonchev–Trinajstić information content (AvgIpc) is 2.90. The zero-order valence-electron chi connectivity index (χ0n) is 13.6. The molecule has 5 heteroatoms. The second kappa shape index (κ2) is 8.77. The fraction of sp³-hybridized carbons (Fsp3) is 0.444. The average molecular weight is 335 g/mol. The highest BCUT2D eigenvalue weighted by atomic mass is 32.1. The predicted octanol–water partition coefficient (Wildman–Crippen LogP) is 4.72. The van der Waals surface area contributed by atoms with E-state index in [-0.39, 0.29) is 11.8 Å². The number of aryl methyl sites for hydroxylation is 3. The fourth-order valence-corrected chi connectivity index (χ4v) is 3.38. The van der Waals surface area contributed by atoms with E-state index >= 15 is 0 Å². The lowest BCUT2D eigenvalue weighted by molar-refractivity contribution is 0.0519. The van der Waals surface area contributed by atoms with Gasteiger partial charge in [-0.3, -0.25) is 0 Å². The van der Waals surface area contributed by atoms with Gasteiger partial charge in [0.05, 0.1) is 11.6 Å². The molecule has 0 spiro atoms. The third-order valence-electron chi connectivity index (χ3n) is 3.60. The minimum Gasteiger partial charge on any atom is -0.461 e. The van der Waals surface area contributed by atoms with Crippen LogP contribution in [0.2, 0.25) is 0 Å². The van der Waals surface area contributed by atoms with Gasteiger partial charge in [0.15, 0.2) is 5.69 Å². The maximum Gasteiger partial charge on any atom is 0.358 e. The summed E-state index contributed by atoms with van der Waals surface area (Å²) in [5.41, 5.74) is 1.22. The van der Waals surface area contributed by atoms with Gasteiger partial charge in [-0.1, -0.05) is 24.6 Å². The summed E-state index contributed by atoms with van der Waals surface area (Å²) in [6, 6.07) is 6.92. The van der Waals surface area contributed by atoms with Crippen molar-refractivity contribution in [3.63, 3.8) is 0 Å². The van der Waals surface area contributed by atoms with Crippen molar-refractivity contribution in [1.29, 1.82) is 0 Å². The molecule has 0 radical (unpaired) electrons. The Morgan fingerprint density at radius 2 is 1.96 bits per heavy atom. The zero-order valence-corrected chi connectivity index (χ0v) is 14.4. The molecule has 0 fully saturated rings. The molecule has 0 aliphatic carbocycles. The minimum atomic E-state index is -0.341. The van der Waals surface area contributed by atoms with Crippen molar-refractivity contribution >= 4 is 17.3 Å². The number of esters is 1. The van der Waals surface area contributed by atoms with Crippen LogP contribution >= 0.6 is 11.3 Å². The van der Waals surface area contributed by atoms with E-state index in [1.807, 2.05) is 19.1 Å². The van der Waals surface area contributed by atoms with Crippen molar-refractivity contribution in [2.75, 3.05) is 6.61 Å². The molecule has 0 aliphatic heterocycles. The number of halogens is 1. The molecule has 0 N–H and O–H groups in total. The van der Waals surface area contributed by atoms with Crippen LogP contribution in [0.15, 0.2) is 24.3 Å². The lowest BCUT2D eigenvalue weighted by Crippen LogP contribution is -2.06. The van der Waals surface area contributed by atoms with E-state index in [4.69, 9.17) is 4.74 Å². The highest BCUT2D eigenvalue weighted by molar-refractivity contribution is 7.11. The molecule has 0 saturated carbocycles. The molecule has 0 saturated heterocycles. The molecule has 0 unspecified atom stereocenters. The Bertz CT molecular complexity index is 654. The Hall–Kier alpha value is -1.75. The van der Waals surface area contributed by atoms with E-state index in [1.165, 1.54) is 6.07 Å². The zero-order chi connectivity index (χ0) is 16.7. The van der Waals surface area contributed by atoms with Gasteiger partial charge in [-0.15, -0.1) is 11.3 Å². The number of carbonyl (C=O) groups excluding carboxylic acids is 1. The van der Waals surface area contributed by atoms with Crippen LogP contribution in [0.5, 0.6) is 0 Å². The van der Waals surface area contributed by atoms with Gasteiger partial charge in [-0.25, -0.2) is 14.2 Å². The number of unbranched alkanes of at least 4 members (excludes halogenated alkanes) is 2. The molecule has 1 heterocycles. The van der Waals surface area contributed by atoms with E-state index < -0.39 is 0 Å². The Balaban J connectivity index is 1.75. The molecule has 2 rings (SSSR count). The van der Waals surface area contributed by atoms with Crippen LogP contribution in [-0.4, -0.2) is 17.6 Å². The number of hydrogen-bond donors (Lipinski definition) is 0. The summed E-state index contributed by atoms with van der Waals surface area (Å²) in [7, 11) is 0. The first kappa shape index (κ1) is 17.6. The summed E-state index contributed by atoms with van der Waals surface area (Å²) in [6.45, 7) is 4.04. The van der Waals surface area contributed by atoms with Crippen molar-refractivity contribution in [2.24, 2.45) is 0 Å². The number of hydrogen-bond acceptors (Lipinski definition) is 4. The number of aromatic nitrogens is 1. The van der Waals surface area contributed by atoms with E-state index in [0.29, 0.717) is 12.3 Å². The molecule has 0 bridgehead atoms. The molecular formula is C18H22FNO2S. The van der Waals surface area contributed by atoms with Gasteiger partial charge in [0.1, 0.15) is 5.82 Å². The monoisotopic (exact) mass is 335 g/mol. The van der Waals surface area contributed by atoms with Crippen molar-refractivity contribution in [3.8, 4) is 0 Å². The first-order valence-electron chi connectivity index (χ1n) is 7.98. The molecular weight excluding hydrogens is 313 g/mol. The van der Waals surface area contributed by atoms with Crippen molar-refractivity contribution in [2.45, 2.75) is 46.0 Å². The molecule has 0 aliphatic rings. The Labute approximate surface area is 140 Å². The smallest absolute Gasteiger partial charge is 0.358 e. The topological polar surface area (TPSA) is 39.2 Å². The summed E-state index contributed by atoms with van der Waals surface area (Å²) >= 11 is 1.55. The standard InChI is InChI=1S/C18H22FNO2S/c1-3-22-18(21)17-13(2)23-16(20-17)12-6-4-5-9-14-10-7-8-11-15(14)19/h7-8,10-11H,3-6,9,12H2,1-2H3. The maximum absolute atomic E-state index is 13.5. The highest BCUT2D eigenvalue weighted by Gasteiger charge is 2.16. The van der Waals surface area contributed by atoms with Gasteiger partial charge >= 0.3 is 5.97 Å². The number of rotatable bonds is 8. The number of carbonyl (C=O) groups is 1. The van der Waals surface area contributed by atoms with Crippen LogP contribution in [0.1, 0.15) is 52.1 Å². The lowest BCUT2D eigenvalue weighted by Gasteiger charge is -2.02. The first-order valence-corrected chi connectivity index (χ1v) is 8.80. The second-order valence-electron chi connectivity index (χ2n) is 5.38. The molecule has 1 aromatic heterocycles. The van der Waals surface area contributed by atoms with Gasteiger partial charge in [0, 0.05) is 4.88 Å². The predicted molar refractivity (Wildman–Crippen MR) is 90.5 cm³/mol. The number of thiazole rings is 1. The van der Waals surface area contributed by atoms with E-state index in [0.717, 1.165) is 47.6 Å². The van der Waals surface area contributed by atoms with Crippen LogP contribution in [-0.2, 0) is 17.6 Å². The summed E-state index contributed by atoms with van der Waals surface area (Å²) < 4.78 is 18.5. The third-order valence-corrected chi connectivity index (χ3v) is 4.63. The lowest BCUT2D eigenvalue weighted by atomic mass is 10.1. The summed E-state index contributed by atoms with van der Waals surface area (Å²) in [4.78, 5) is 17.0. The summed E-state index contributed by atoms with van der Waals surface area (Å²) in [6.07, 6.45) is 4.57. The summed E-state index contributed by atoms with van der Waals surface area (Å²) in [5.74, 6) is -0.464. The number of ether oxygens (including phenoxy) is 1. The van der Waals surface area contributed by atoms with Gasteiger partial charge in [-0.05, 0) is 51.2 Å². The fourth-order valence-electron chi connectivity index (χ4n) is 2.42. The summed E-state index contributed by atoms with van der Waals surface area (Å²) in [5, 5.41) is 0.969. The molecule has 0 amide bonds.